The van der Waals surface area contributed by atoms with E-state index in [1.54, 1.807) is 0 Å². The maximum Gasteiger partial charge on any atom is 0.116 e. The highest BCUT2D eigenvalue weighted by molar-refractivity contribution is 7.85. The van der Waals surface area contributed by atoms with E-state index in [0.717, 1.165) is 55.0 Å². The van der Waals surface area contributed by atoms with Gasteiger partial charge in [0.2, 0.25) is 0 Å². The largest absolute Gasteiger partial charge is 0.748 e. The summed E-state index contributed by atoms with van der Waals surface area (Å²) in [5.41, 5.74) is 1.11. The topological polar surface area (TPSA) is 89.5 Å². The van der Waals surface area contributed by atoms with Crippen molar-refractivity contribution in [2.24, 2.45) is 46.3 Å². The zero-order valence-corrected chi connectivity index (χ0v) is 26.8. The van der Waals surface area contributed by atoms with Crippen LogP contribution in [0.4, 0.5) is 0 Å². The van der Waals surface area contributed by atoms with Crippen LogP contribution in [0.2, 0.25) is 0 Å². The summed E-state index contributed by atoms with van der Waals surface area (Å²) in [5.74, 6) is 4.83. The fourth-order valence-corrected chi connectivity index (χ4v) is 11.4. The third-order valence-electron chi connectivity index (χ3n) is 12.6. The molecule has 228 valence electrons. The van der Waals surface area contributed by atoms with E-state index in [1.807, 2.05) is 14.1 Å². The number of nitrogens with zero attached hydrogens (tertiary/aromatic N) is 1. The SMILES string of the molecule is CCC[C@@H](C)[C@H]1CCC2C3CCC4CC(NCCC[N+](C)(C)CC(O)CS(=O)(=O)[O-])CC[C@]4(C)C3CC[C@@]21C. The van der Waals surface area contributed by atoms with Crippen LogP contribution in [0.25, 0.3) is 0 Å². The molecule has 0 amide bonds. The zero-order valence-electron chi connectivity index (χ0n) is 26.0. The fraction of sp³-hybridized carbons (Fsp3) is 1.00. The molecule has 10 atom stereocenters. The predicted octanol–water partition coefficient (Wildman–Crippen LogP) is 5.41. The van der Waals surface area contributed by atoms with E-state index < -0.39 is 22.0 Å². The van der Waals surface area contributed by atoms with Crippen LogP contribution in [0.1, 0.15) is 105 Å². The minimum Gasteiger partial charge on any atom is -0.748 e. The summed E-state index contributed by atoms with van der Waals surface area (Å²) >= 11 is 0. The Morgan fingerprint density at radius 3 is 2.41 bits per heavy atom. The van der Waals surface area contributed by atoms with Gasteiger partial charge in [-0.3, -0.25) is 0 Å². The van der Waals surface area contributed by atoms with E-state index in [9.17, 15) is 18.1 Å². The van der Waals surface area contributed by atoms with Crippen LogP contribution in [0.15, 0.2) is 0 Å². The van der Waals surface area contributed by atoms with Gasteiger partial charge in [0, 0.05) is 19.0 Å². The molecule has 4 fully saturated rings. The molecule has 0 bridgehead atoms. The lowest BCUT2D eigenvalue weighted by Crippen LogP contribution is -2.55. The van der Waals surface area contributed by atoms with E-state index in [-0.39, 0.29) is 6.54 Å². The molecule has 0 aromatic rings. The average Bonchev–Trinajstić information content (AvgIpc) is 3.17. The summed E-state index contributed by atoms with van der Waals surface area (Å²) in [5, 5.41) is 13.9. The van der Waals surface area contributed by atoms with Crippen LogP contribution < -0.4 is 5.32 Å². The van der Waals surface area contributed by atoms with Crippen molar-refractivity contribution in [3.63, 3.8) is 0 Å². The number of aliphatic hydroxyl groups is 1. The molecule has 0 aromatic heterocycles. The number of quaternary nitrogens is 1. The first-order chi connectivity index (χ1) is 18.2. The van der Waals surface area contributed by atoms with Gasteiger partial charge in [0.25, 0.3) is 0 Å². The van der Waals surface area contributed by atoms with Gasteiger partial charge in [0.15, 0.2) is 0 Å². The summed E-state index contributed by atoms with van der Waals surface area (Å²) < 4.78 is 33.4. The van der Waals surface area contributed by atoms with Gasteiger partial charge in [-0.25, -0.2) is 8.42 Å². The van der Waals surface area contributed by atoms with E-state index in [1.165, 1.54) is 70.6 Å². The molecule has 0 spiro atoms. The quantitative estimate of drug-likeness (QED) is 0.187. The lowest BCUT2D eigenvalue weighted by atomic mass is 9.44. The number of aliphatic hydroxyl groups excluding tert-OH is 1. The van der Waals surface area contributed by atoms with Crippen molar-refractivity contribution < 1.29 is 22.6 Å². The maximum atomic E-state index is 11.0. The van der Waals surface area contributed by atoms with Gasteiger partial charge < -0.3 is 19.5 Å². The maximum absolute atomic E-state index is 11.0. The number of hydrogen-bond donors (Lipinski definition) is 2. The molecule has 0 aliphatic heterocycles. The van der Waals surface area contributed by atoms with Crippen molar-refractivity contribution in [1.29, 1.82) is 0 Å². The summed E-state index contributed by atoms with van der Waals surface area (Å²) in [4.78, 5) is 0. The molecule has 0 saturated heterocycles. The van der Waals surface area contributed by atoms with Crippen LogP contribution in [0.3, 0.4) is 0 Å². The normalized spacial score (nSPS) is 40.4. The van der Waals surface area contributed by atoms with E-state index in [4.69, 9.17) is 0 Å². The first-order valence-corrected chi connectivity index (χ1v) is 17.9. The van der Waals surface area contributed by atoms with Crippen LogP contribution >= 0.6 is 0 Å². The molecule has 0 aromatic carbocycles. The summed E-state index contributed by atoms with van der Waals surface area (Å²) in [6.45, 7) is 12.4. The predicted molar refractivity (Wildman–Crippen MR) is 158 cm³/mol. The Bertz CT molecular complexity index is 925. The van der Waals surface area contributed by atoms with E-state index in [0.29, 0.717) is 21.4 Å². The molecule has 6 nitrogen and oxygen atoms in total. The number of likely N-dealkylation sites (N-methyl/N-ethyl adjacent to an activating group) is 1. The Balaban J connectivity index is 1.26. The molecule has 7 heteroatoms. The molecule has 39 heavy (non-hydrogen) atoms. The Morgan fingerprint density at radius 2 is 1.72 bits per heavy atom. The number of fused-ring (bicyclic) bond motifs is 5. The van der Waals surface area contributed by atoms with E-state index >= 15 is 0 Å². The first kappa shape index (κ1) is 31.7. The zero-order chi connectivity index (χ0) is 28.6. The van der Waals surface area contributed by atoms with E-state index in [2.05, 4.69) is 33.0 Å². The fourth-order valence-electron chi connectivity index (χ4n) is 10.8. The third kappa shape index (κ3) is 7.06. The van der Waals surface area contributed by atoms with Crippen molar-refractivity contribution >= 4 is 10.1 Å². The van der Waals surface area contributed by atoms with Gasteiger partial charge >= 0.3 is 0 Å². The van der Waals surface area contributed by atoms with Crippen LogP contribution in [-0.2, 0) is 10.1 Å². The average molecular weight is 569 g/mol. The van der Waals surface area contributed by atoms with Crippen molar-refractivity contribution in [2.45, 2.75) is 117 Å². The molecule has 4 aliphatic carbocycles. The highest BCUT2D eigenvalue weighted by Crippen LogP contribution is 2.68. The second kappa shape index (κ2) is 12.2. The minimum absolute atomic E-state index is 0.284. The Kier molecular flexibility index (Phi) is 9.91. The summed E-state index contributed by atoms with van der Waals surface area (Å²) in [6, 6.07) is 0.603. The summed E-state index contributed by atoms with van der Waals surface area (Å²) in [6.07, 6.45) is 15.3. The molecule has 4 rings (SSSR count). The smallest absolute Gasteiger partial charge is 0.116 e. The molecule has 0 heterocycles. The second-order valence-electron chi connectivity index (χ2n) is 15.7. The van der Waals surface area contributed by atoms with Crippen molar-refractivity contribution in [3.8, 4) is 0 Å². The van der Waals surface area contributed by atoms with Gasteiger partial charge in [-0.1, -0.05) is 40.5 Å². The number of hydrogen-bond acceptors (Lipinski definition) is 5. The van der Waals surface area contributed by atoms with Crippen LogP contribution in [0.5, 0.6) is 0 Å². The highest BCUT2D eigenvalue weighted by Gasteiger charge is 2.60. The lowest BCUT2D eigenvalue weighted by molar-refractivity contribution is -0.893. The molecular formula is C32H60N2O4S. The van der Waals surface area contributed by atoms with Crippen LogP contribution in [0, 0.1) is 46.3 Å². The third-order valence-corrected chi connectivity index (χ3v) is 13.4. The Morgan fingerprint density at radius 1 is 1.03 bits per heavy atom. The van der Waals surface area contributed by atoms with Gasteiger partial charge in [0.1, 0.15) is 12.6 Å². The highest BCUT2D eigenvalue weighted by atomic mass is 32.2. The van der Waals surface area contributed by atoms with Gasteiger partial charge in [0.05, 0.1) is 36.5 Å². The standard InChI is InChI=1S/C32H60N2O4S/c1-7-9-23(2)28-12-13-29-27-11-10-24-20-25(14-16-31(24,3)30(27)15-17-32(28,29)4)33-18-8-19-34(5,6)21-26(35)22-39(36,37)38/h23-30,33,35H,7-22H2,1-6H3/t23-,24?,25?,26?,27?,28-,29?,30?,31+,32-/m1/s1. The molecule has 4 aliphatic rings. The Hall–Kier alpha value is -0.210. The van der Waals surface area contributed by atoms with Gasteiger partial charge in [-0.15, -0.1) is 0 Å². The molecule has 2 N–H and O–H groups in total. The minimum atomic E-state index is -4.40. The lowest BCUT2D eigenvalue weighted by Gasteiger charge is -2.61. The molecule has 6 unspecified atom stereocenters. The van der Waals surface area contributed by atoms with Crippen molar-refractivity contribution in [2.75, 3.05) is 39.5 Å². The van der Waals surface area contributed by atoms with Crippen molar-refractivity contribution in [3.05, 3.63) is 0 Å². The molecular weight excluding hydrogens is 508 g/mol. The first-order valence-electron chi connectivity index (χ1n) is 16.4. The Labute approximate surface area is 240 Å². The number of rotatable bonds is 12. The van der Waals surface area contributed by atoms with Crippen LogP contribution in [-0.4, -0.2) is 74.2 Å². The molecule has 4 saturated carbocycles. The summed E-state index contributed by atoms with van der Waals surface area (Å²) in [7, 11) is -0.401. The van der Waals surface area contributed by atoms with Gasteiger partial charge in [-0.2, -0.15) is 0 Å². The van der Waals surface area contributed by atoms with Gasteiger partial charge in [-0.05, 0) is 104 Å². The van der Waals surface area contributed by atoms with Crippen molar-refractivity contribution in [1.82, 2.24) is 5.32 Å². The monoisotopic (exact) mass is 568 g/mol. The second-order valence-corrected chi connectivity index (χ2v) is 17.1. The molecule has 0 radical (unpaired) electrons. The number of nitrogens with one attached hydrogen (secondary N) is 1.